The molecule has 0 bridgehead atoms. The van der Waals surface area contributed by atoms with Gasteiger partial charge in [-0.05, 0) is 38.1 Å². The van der Waals surface area contributed by atoms with E-state index in [9.17, 15) is 4.79 Å². The number of hydrogen-bond donors (Lipinski definition) is 1. The fourth-order valence-electron chi connectivity index (χ4n) is 3.38. The molecule has 0 spiro atoms. The average molecular weight is 268 g/mol. The van der Waals surface area contributed by atoms with E-state index in [1.54, 1.807) is 0 Å². The summed E-state index contributed by atoms with van der Waals surface area (Å²) >= 11 is 0. The zero-order valence-electron chi connectivity index (χ0n) is 13.0. The maximum absolute atomic E-state index is 12.6. The Balaban J connectivity index is 2.62. The van der Waals surface area contributed by atoms with E-state index in [1.807, 2.05) is 11.9 Å². The van der Waals surface area contributed by atoms with Gasteiger partial charge in [-0.3, -0.25) is 4.79 Å². The second-order valence-corrected chi connectivity index (χ2v) is 6.04. The van der Waals surface area contributed by atoms with Crippen LogP contribution in [0.15, 0.2) is 0 Å². The van der Waals surface area contributed by atoms with Gasteiger partial charge in [-0.15, -0.1) is 0 Å². The highest BCUT2D eigenvalue weighted by Crippen LogP contribution is 2.29. The molecule has 0 aromatic carbocycles. The molecule has 0 aliphatic heterocycles. The molecule has 19 heavy (non-hydrogen) atoms. The van der Waals surface area contributed by atoms with Crippen LogP contribution in [0.5, 0.6) is 0 Å². The molecule has 2 N–H and O–H groups in total. The molecule has 3 unspecified atom stereocenters. The number of amides is 1. The first kappa shape index (κ1) is 16.5. The third-order valence-electron chi connectivity index (χ3n) is 4.76. The van der Waals surface area contributed by atoms with Gasteiger partial charge in [0.25, 0.3) is 0 Å². The van der Waals surface area contributed by atoms with Crippen LogP contribution in [0.4, 0.5) is 0 Å². The summed E-state index contributed by atoms with van der Waals surface area (Å²) in [6, 6.07) is 0.377. The minimum atomic E-state index is 0.213. The molecule has 112 valence electrons. The van der Waals surface area contributed by atoms with Crippen molar-refractivity contribution in [3.05, 3.63) is 0 Å². The van der Waals surface area contributed by atoms with E-state index < -0.39 is 0 Å². The molecule has 1 saturated carbocycles. The maximum atomic E-state index is 12.6. The summed E-state index contributed by atoms with van der Waals surface area (Å²) in [6.45, 7) is 5.04. The number of rotatable bonds is 7. The molecule has 3 atom stereocenters. The van der Waals surface area contributed by atoms with Crippen LogP contribution in [-0.2, 0) is 4.79 Å². The zero-order chi connectivity index (χ0) is 14.3. The van der Waals surface area contributed by atoms with Crippen molar-refractivity contribution in [1.29, 1.82) is 0 Å². The Hall–Kier alpha value is -0.570. The van der Waals surface area contributed by atoms with Gasteiger partial charge >= 0.3 is 0 Å². The fourth-order valence-corrected chi connectivity index (χ4v) is 3.38. The number of hydrogen-bond acceptors (Lipinski definition) is 2. The number of carbonyl (C=O) groups excluding carboxylic acids is 1. The van der Waals surface area contributed by atoms with Crippen LogP contribution in [0.3, 0.4) is 0 Å². The number of unbranched alkanes of at least 4 members (excludes halogenated alkanes) is 1. The molecule has 1 rings (SSSR count). The third kappa shape index (κ3) is 4.48. The molecule has 3 nitrogen and oxygen atoms in total. The Kier molecular flexibility index (Phi) is 7.44. The first-order valence-electron chi connectivity index (χ1n) is 8.12. The predicted octanol–water partition coefficient (Wildman–Crippen LogP) is 3.18. The first-order valence-corrected chi connectivity index (χ1v) is 8.12. The van der Waals surface area contributed by atoms with Gasteiger partial charge < -0.3 is 10.6 Å². The summed E-state index contributed by atoms with van der Waals surface area (Å²) in [7, 11) is 2.00. The Bertz CT molecular complexity index is 267. The molecule has 1 amide bonds. The maximum Gasteiger partial charge on any atom is 0.225 e. The van der Waals surface area contributed by atoms with Crippen molar-refractivity contribution >= 4 is 5.91 Å². The van der Waals surface area contributed by atoms with Crippen molar-refractivity contribution in [3.8, 4) is 0 Å². The molecular weight excluding hydrogens is 236 g/mol. The third-order valence-corrected chi connectivity index (χ3v) is 4.76. The lowest BCUT2D eigenvalue weighted by Crippen LogP contribution is -2.47. The van der Waals surface area contributed by atoms with Crippen LogP contribution in [0.2, 0.25) is 0 Å². The summed E-state index contributed by atoms with van der Waals surface area (Å²) < 4.78 is 0. The van der Waals surface area contributed by atoms with Crippen LogP contribution in [-0.4, -0.2) is 30.4 Å². The fraction of sp³-hybridized carbons (Fsp3) is 0.938. The Morgan fingerprint density at radius 1 is 1.32 bits per heavy atom. The first-order chi connectivity index (χ1) is 9.15. The standard InChI is InChI=1S/C16H32N2O/c1-4-6-9-13(5-2)16(19)18(3)15-11-8-7-10-14(15)12-17/h13-15H,4-12,17H2,1-3H3. The van der Waals surface area contributed by atoms with Gasteiger partial charge in [-0.25, -0.2) is 0 Å². The smallest absolute Gasteiger partial charge is 0.225 e. The predicted molar refractivity (Wildman–Crippen MR) is 80.9 cm³/mol. The summed E-state index contributed by atoms with van der Waals surface area (Å²) in [5.41, 5.74) is 5.88. The molecule has 0 aromatic rings. The summed E-state index contributed by atoms with van der Waals surface area (Å²) in [5, 5.41) is 0. The summed E-state index contributed by atoms with van der Waals surface area (Å²) in [5.74, 6) is 1.07. The molecule has 0 heterocycles. The second kappa shape index (κ2) is 8.57. The molecule has 1 fully saturated rings. The Labute approximate surface area is 118 Å². The van der Waals surface area contributed by atoms with Gasteiger partial charge in [-0.1, -0.05) is 39.5 Å². The largest absolute Gasteiger partial charge is 0.342 e. The van der Waals surface area contributed by atoms with Crippen molar-refractivity contribution in [1.82, 2.24) is 4.90 Å². The van der Waals surface area contributed by atoms with Crippen molar-refractivity contribution in [2.75, 3.05) is 13.6 Å². The van der Waals surface area contributed by atoms with Crippen LogP contribution in [0.25, 0.3) is 0 Å². The Morgan fingerprint density at radius 3 is 2.58 bits per heavy atom. The lowest BCUT2D eigenvalue weighted by molar-refractivity contribution is -0.138. The average Bonchev–Trinajstić information content (AvgIpc) is 2.46. The van der Waals surface area contributed by atoms with E-state index >= 15 is 0 Å². The van der Waals surface area contributed by atoms with E-state index in [2.05, 4.69) is 13.8 Å². The number of nitrogens with zero attached hydrogens (tertiary/aromatic N) is 1. The van der Waals surface area contributed by atoms with Gasteiger partial charge in [-0.2, -0.15) is 0 Å². The van der Waals surface area contributed by atoms with E-state index in [0.717, 1.165) is 25.7 Å². The molecule has 0 aromatic heterocycles. The molecule has 3 heteroatoms. The van der Waals surface area contributed by atoms with Crippen LogP contribution in [0.1, 0.15) is 65.2 Å². The molecular formula is C16H32N2O. The number of carbonyl (C=O) groups is 1. The van der Waals surface area contributed by atoms with Gasteiger partial charge in [0.2, 0.25) is 5.91 Å². The normalized spacial score (nSPS) is 25.1. The monoisotopic (exact) mass is 268 g/mol. The van der Waals surface area contributed by atoms with E-state index in [0.29, 0.717) is 24.4 Å². The van der Waals surface area contributed by atoms with Crippen molar-refractivity contribution < 1.29 is 4.79 Å². The minimum absolute atomic E-state index is 0.213. The molecule has 1 aliphatic rings. The lowest BCUT2D eigenvalue weighted by atomic mass is 9.83. The SMILES string of the molecule is CCCCC(CC)C(=O)N(C)C1CCCCC1CN. The van der Waals surface area contributed by atoms with Crippen LogP contribution in [0, 0.1) is 11.8 Å². The van der Waals surface area contributed by atoms with Gasteiger partial charge in [0, 0.05) is 19.0 Å². The zero-order valence-corrected chi connectivity index (χ0v) is 13.0. The quantitative estimate of drug-likeness (QED) is 0.771. The summed E-state index contributed by atoms with van der Waals surface area (Å²) in [4.78, 5) is 14.7. The van der Waals surface area contributed by atoms with Crippen LogP contribution >= 0.6 is 0 Å². The highest BCUT2D eigenvalue weighted by Gasteiger charge is 2.32. The van der Waals surface area contributed by atoms with Gasteiger partial charge in [0.05, 0.1) is 0 Å². The number of nitrogens with two attached hydrogens (primary N) is 1. The van der Waals surface area contributed by atoms with Crippen LogP contribution < -0.4 is 5.73 Å². The Morgan fingerprint density at radius 2 is 2.00 bits per heavy atom. The minimum Gasteiger partial charge on any atom is -0.342 e. The molecule has 1 aliphatic carbocycles. The highest BCUT2D eigenvalue weighted by atomic mass is 16.2. The summed E-state index contributed by atoms with van der Waals surface area (Å²) in [6.07, 6.45) is 9.15. The highest BCUT2D eigenvalue weighted by molar-refractivity contribution is 5.78. The van der Waals surface area contributed by atoms with Gasteiger partial charge in [0.1, 0.15) is 0 Å². The molecule has 0 radical (unpaired) electrons. The van der Waals surface area contributed by atoms with Crippen molar-refractivity contribution in [2.24, 2.45) is 17.6 Å². The van der Waals surface area contributed by atoms with Crippen molar-refractivity contribution in [2.45, 2.75) is 71.3 Å². The van der Waals surface area contributed by atoms with E-state index in [1.165, 1.54) is 25.7 Å². The van der Waals surface area contributed by atoms with Crippen molar-refractivity contribution in [3.63, 3.8) is 0 Å². The van der Waals surface area contributed by atoms with E-state index in [-0.39, 0.29) is 5.92 Å². The molecule has 0 saturated heterocycles. The second-order valence-electron chi connectivity index (χ2n) is 6.04. The van der Waals surface area contributed by atoms with E-state index in [4.69, 9.17) is 5.73 Å². The lowest BCUT2D eigenvalue weighted by Gasteiger charge is -2.39. The van der Waals surface area contributed by atoms with Gasteiger partial charge in [0.15, 0.2) is 0 Å². The topological polar surface area (TPSA) is 46.3 Å².